The molecule has 0 spiro atoms. The van der Waals surface area contributed by atoms with Crippen molar-refractivity contribution in [2.45, 2.75) is 37.9 Å². The van der Waals surface area contributed by atoms with Crippen molar-refractivity contribution in [1.82, 2.24) is 9.38 Å². The normalized spacial score (nSPS) is 15.6. The highest BCUT2D eigenvalue weighted by Crippen LogP contribution is 2.36. The van der Waals surface area contributed by atoms with E-state index in [1.807, 2.05) is 24.3 Å². The van der Waals surface area contributed by atoms with Crippen LogP contribution in [-0.4, -0.2) is 50.0 Å². The van der Waals surface area contributed by atoms with Crippen LogP contribution in [0.3, 0.4) is 0 Å². The Morgan fingerprint density at radius 3 is 2.74 bits per heavy atom. The predicted molar refractivity (Wildman–Crippen MR) is 143 cm³/mol. The highest BCUT2D eigenvalue weighted by Gasteiger charge is 2.26. The van der Waals surface area contributed by atoms with Gasteiger partial charge in [-0.1, -0.05) is 18.2 Å². The van der Waals surface area contributed by atoms with Crippen molar-refractivity contribution in [2.75, 3.05) is 26.1 Å². The highest BCUT2D eigenvalue weighted by molar-refractivity contribution is 7.89. The summed E-state index contributed by atoms with van der Waals surface area (Å²) >= 11 is 1.38. The lowest BCUT2D eigenvalue weighted by Gasteiger charge is -2.29. The minimum Gasteiger partial charge on any atom is -0.496 e. The molecule has 202 valence electrons. The Labute approximate surface area is 224 Å². The van der Waals surface area contributed by atoms with Crippen LogP contribution in [0.5, 0.6) is 5.75 Å². The van der Waals surface area contributed by atoms with E-state index in [1.165, 1.54) is 22.0 Å². The summed E-state index contributed by atoms with van der Waals surface area (Å²) in [5, 5.41) is 5.25. The summed E-state index contributed by atoms with van der Waals surface area (Å²) in [6, 6.07) is 9.48. The zero-order valence-corrected chi connectivity index (χ0v) is 22.5. The van der Waals surface area contributed by atoms with Crippen LogP contribution in [-0.2, 0) is 32.3 Å². The van der Waals surface area contributed by atoms with Gasteiger partial charge in [0.2, 0.25) is 15.9 Å². The molecular formula is C26H29N3O7S2. The van der Waals surface area contributed by atoms with E-state index in [-0.39, 0.29) is 29.9 Å². The minimum atomic E-state index is -3.75. The third-order valence-corrected chi connectivity index (χ3v) is 8.43. The molecule has 38 heavy (non-hydrogen) atoms. The van der Waals surface area contributed by atoms with Gasteiger partial charge in [-0.05, 0) is 37.0 Å². The zero-order chi connectivity index (χ0) is 26.7. The largest absolute Gasteiger partial charge is 0.496 e. The number of benzene rings is 1. The fourth-order valence-electron chi connectivity index (χ4n) is 4.64. The highest BCUT2D eigenvalue weighted by atomic mass is 32.2. The third-order valence-electron chi connectivity index (χ3n) is 6.50. The van der Waals surface area contributed by atoms with E-state index in [1.54, 1.807) is 25.6 Å². The van der Waals surface area contributed by atoms with E-state index >= 15 is 0 Å². The maximum atomic E-state index is 13.4. The topological polar surface area (TPSA) is 135 Å². The van der Waals surface area contributed by atoms with Gasteiger partial charge in [0.05, 0.1) is 31.3 Å². The van der Waals surface area contributed by atoms with Crippen molar-refractivity contribution in [1.29, 1.82) is 0 Å². The lowest BCUT2D eigenvalue weighted by atomic mass is 9.99. The van der Waals surface area contributed by atoms with Gasteiger partial charge in [-0.25, -0.2) is 18.5 Å². The van der Waals surface area contributed by atoms with Gasteiger partial charge in [0, 0.05) is 37.0 Å². The number of hydrogen-bond acceptors (Lipinski definition) is 9. The number of oxazole rings is 1. The van der Waals surface area contributed by atoms with Gasteiger partial charge < -0.3 is 18.6 Å². The van der Waals surface area contributed by atoms with Crippen LogP contribution in [0.2, 0.25) is 0 Å². The summed E-state index contributed by atoms with van der Waals surface area (Å²) in [7, 11) is -2.13. The van der Waals surface area contributed by atoms with Crippen molar-refractivity contribution >= 4 is 26.2 Å². The van der Waals surface area contributed by atoms with E-state index in [9.17, 15) is 13.2 Å². The number of rotatable bonds is 10. The number of fused-ring (bicyclic) bond motifs is 1. The maximum absolute atomic E-state index is 13.4. The van der Waals surface area contributed by atoms with Gasteiger partial charge in [0.15, 0.2) is 0 Å². The lowest BCUT2D eigenvalue weighted by molar-refractivity contribution is -0.0699. The summed E-state index contributed by atoms with van der Waals surface area (Å²) in [5.41, 5.74) is 1.77. The fourth-order valence-corrected chi connectivity index (χ4v) is 6.21. The maximum Gasteiger partial charge on any atom is 0.259 e. The van der Waals surface area contributed by atoms with Gasteiger partial charge >= 0.3 is 0 Å². The number of nitrogens with two attached hydrogens (primary N) is 1. The Morgan fingerprint density at radius 2 is 2.03 bits per heavy atom. The number of hydrogen-bond donors (Lipinski definition) is 1. The molecule has 1 fully saturated rings. The average molecular weight is 560 g/mol. The second-order valence-corrected chi connectivity index (χ2v) is 11.9. The molecular weight excluding hydrogens is 530 g/mol. The molecule has 1 saturated heterocycles. The van der Waals surface area contributed by atoms with Crippen molar-refractivity contribution in [3.8, 4) is 16.5 Å². The van der Waals surface area contributed by atoms with Gasteiger partial charge in [-0.3, -0.25) is 9.20 Å². The van der Waals surface area contributed by atoms with Crippen LogP contribution in [0, 0.1) is 0 Å². The molecule has 4 heterocycles. The van der Waals surface area contributed by atoms with E-state index in [2.05, 4.69) is 4.98 Å². The van der Waals surface area contributed by atoms with Crippen LogP contribution in [0.1, 0.15) is 35.6 Å². The molecule has 1 aromatic carbocycles. The first kappa shape index (κ1) is 26.6. The summed E-state index contributed by atoms with van der Waals surface area (Å²) in [6.45, 7) is 1.27. The third kappa shape index (κ3) is 6.00. The van der Waals surface area contributed by atoms with Gasteiger partial charge in [0.1, 0.15) is 21.7 Å². The Balaban J connectivity index is 1.60. The molecule has 0 radical (unpaired) electrons. The quantitative estimate of drug-likeness (QED) is 0.313. The summed E-state index contributed by atoms with van der Waals surface area (Å²) in [4.78, 5) is 19.0. The van der Waals surface area contributed by atoms with Crippen LogP contribution >= 0.6 is 11.3 Å². The molecule has 0 amide bonds. The Bertz CT molecular complexity index is 1560. The summed E-state index contributed by atoms with van der Waals surface area (Å²) < 4.78 is 48.2. The van der Waals surface area contributed by atoms with Gasteiger partial charge in [-0.15, -0.1) is 11.3 Å². The number of aryl methyl sites for hydroxylation is 1. The van der Waals surface area contributed by atoms with Crippen LogP contribution < -0.4 is 15.4 Å². The molecule has 12 heteroatoms. The molecule has 3 aromatic heterocycles. The smallest absolute Gasteiger partial charge is 0.259 e. The molecule has 4 aromatic rings. The molecule has 10 nitrogen and oxygen atoms in total. The Hall–Kier alpha value is -3.03. The molecule has 1 aliphatic rings. The van der Waals surface area contributed by atoms with Crippen molar-refractivity contribution in [2.24, 2.45) is 5.14 Å². The van der Waals surface area contributed by atoms with E-state index in [0.717, 1.165) is 24.0 Å². The Morgan fingerprint density at radius 1 is 1.24 bits per heavy atom. The van der Waals surface area contributed by atoms with E-state index < -0.39 is 10.0 Å². The first-order chi connectivity index (χ1) is 18.3. The number of sulfonamides is 1. The van der Waals surface area contributed by atoms with Gasteiger partial charge in [-0.2, -0.15) is 0 Å². The number of para-hydroxylation sites is 1. The first-order valence-electron chi connectivity index (χ1n) is 12.3. The number of methoxy groups -OCH3 is 1. The van der Waals surface area contributed by atoms with Gasteiger partial charge in [0.25, 0.3) is 5.56 Å². The van der Waals surface area contributed by atoms with Crippen LogP contribution in [0.4, 0.5) is 0 Å². The summed E-state index contributed by atoms with van der Waals surface area (Å²) in [6.07, 6.45) is 6.30. The number of pyridine rings is 1. The van der Waals surface area contributed by atoms with Crippen molar-refractivity contribution in [3.05, 3.63) is 76.0 Å². The summed E-state index contributed by atoms with van der Waals surface area (Å²) in [5.74, 6) is 0.767. The number of nitrogens with zero attached hydrogens (tertiary/aromatic N) is 2. The molecule has 0 unspecified atom stereocenters. The van der Waals surface area contributed by atoms with E-state index in [4.69, 9.17) is 23.8 Å². The number of aromatic nitrogens is 2. The Kier molecular flexibility index (Phi) is 7.96. The molecule has 1 atom stereocenters. The lowest BCUT2D eigenvalue weighted by Crippen LogP contribution is -2.27. The second-order valence-electron chi connectivity index (χ2n) is 9.11. The fraction of sp³-hybridized carbons (Fsp3) is 0.385. The molecule has 5 rings (SSSR count). The van der Waals surface area contributed by atoms with Crippen molar-refractivity contribution in [3.63, 3.8) is 0 Å². The first-order valence-corrected chi connectivity index (χ1v) is 14.8. The SMILES string of the molecule is COc1ccccc1[C@H](Cc1cc(CCS(N)(=O)=O)c(=O)n2cc(-c3ncco3)sc12)OC1CCOCC1. The molecule has 0 saturated carbocycles. The standard InChI is InChI=1S/C26H29N3O7S2/c1-33-21-5-3-2-4-20(21)22(36-19-6-10-34-11-7-19)15-18-14-17(8-13-38(27,31)32)25(30)29-16-23(37-26(18)29)24-28-9-12-35-24/h2-5,9,12,14,16,19,22H,6-8,10-11,13,15H2,1H3,(H2,27,31,32)/t22-/m0/s1. The number of primary sulfonamides is 1. The van der Waals surface area contributed by atoms with E-state index in [0.29, 0.717) is 46.5 Å². The monoisotopic (exact) mass is 559 g/mol. The number of thiazole rings is 1. The molecule has 0 aliphatic carbocycles. The van der Waals surface area contributed by atoms with Crippen molar-refractivity contribution < 1.29 is 27.0 Å². The minimum absolute atomic E-state index is 0.00205. The van der Waals surface area contributed by atoms with Crippen LogP contribution in [0.15, 0.2) is 58.2 Å². The number of ether oxygens (including phenoxy) is 3. The zero-order valence-electron chi connectivity index (χ0n) is 20.9. The average Bonchev–Trinajstić information content (AvgIpc) is 3.60. The second kappa shape index (κ2) is 11.4. The molecule has 1 aliphatic heterocycles. The van der Waals surface area contributed by atoms with Crippen LogP contribution in [0.25, 0.3) is 15.6 Å². The molecule has 0 bridgehead atoms. The molecule has 2 N–H and O–H groups in total. The predicted octanol–water partition coefficient (Wildman–Crippen LogP) is 3.34.